The molecule has 0 N–H and O–H groups in total. The van der Waals surface area contributed by atoms with Crippen LogP contribution < -0.4 is 0 Å². The van der Waals surface area contributed by atoms with Crippen molar-refractivity contribution in [3.05, 3.63) is 0 Å². The molecule has 0 amide bonds. The second-order valence-electron chi connectivity index (χ2n) is 3.49. The van der Waals surface area contributed by atoms with Crippen molar-refractivity contribution in [3.8, 4) is 6.07 Å². The van der Waals surface area contributed by atoms with E-state index in [1.54, 1.807) is 0 Å². The summed E-state index contributed by atoms with van der Waals surface area (Å²) in [6.07, 6.45) is 3.19. The molecule has 1 aliphatic heterocycles. The standard InChI is InChI=1S/C9H16N2/c1-8(2)11-7-3-4-9(11)5-6-10/h8-9H,3-5,7H2,1-2H3/t9-/m1/s1. The van der Waals surface area contributed by atoms with Crippen LogP contribution in [0.25, 0.3) is 0 Å². The van der Waals surface area contributed by atoms with Gasteiger partial charge >= 0.3 is 0 Å². The van der Waals surface area contributed by atoms with Crippen LogP contribution in [0.3, 0.4) is 0 Å². The minimum atomic E-state index is 0.542. The molecule has 0 spiro atoms. The van der Waals surface area contributed by atoms with Crippen molar-refractivity contribution in [3.63, 3.8) is 0 Å². The predicted molar refractivity (Wildman–Crippen MR) is 45.1 cm³/mol. The van der Waals surface area contributed by atoms with E-state index < -0.39 is 0 Å². The summed E-state index contributed by atoms with van der Waals surface area (Å²) in [5.41, 5.74) is 0. The van der Waals surface area contributed by atoms with Gasteiger partial charge in [0, 0.05) is 12.1 Å². The molecule has 1 aliphatic rings. The molecule has 0 saturated carbocycles. The Morgan fingerprint density at radius 1 is 1.64 bits per heavy atom. The van der Waals surface area contributed by atoms with E-state index in [-0.39, 0.29) is 0 Å². The average molecular weight is 152 g/mol. The van der Waals surface area contributed by atoms with Gasteiger partial charge in [-0.1, -0.05) is 0 Å². The number of hydrogen-bond acceptors (Lipinski definition) is 2. The summed E-state index contributed by atoms with van der Waals surface area (Å²) in [6, 6.07) is 3.40. The molecular formula is C9H16N2. The summed E-state index contributed by atoms with van der Waals surface area (Å²) in [7, 11) is 0. The number of likely N-dealkylation sites (tertiary alicyclic amines) is 1. The van der Waals surface area contributed by atoms with Crippen molar-refractivity contribution in [2.24, 2.45) is 0 Å². The highest BCUT2D eigenvalue weighted by Crippen LogP contribution is 2.21. The molecule has 1 rings (SSSR count). The van der Waals surface area contributed by atoms with Crippen LogP contribution in [0.1, 0.15) is 33.1 Å². The lowest BCUT2D eigenvalue weighted by Crippen LogP contribution is -2.35. The fourth-order valence-electron chi connectivity index (χ4n) is 1.86. The van der Waals surface area contributed by atoms with Gasteiger partial charge in [-0.2, -0.15) is 5.26 Å². The molecular weight excluding hydrogens is 136 g/mol. The smallest absolute Gasteiger partial charge is 0.0638 e. The molecule has 0 aliphatic carbocycles. The maximum absolute atomic E-state index is 8.55. The van der Waals surface area contributed by atoms with Crippen LogP contribution in [-0.2, 0) is 0 Å². The molecule has 0 aromatic carbocycles. The van der Waals surface area contributed by atoms with Gasteiger partial charge in [0.15, 0.2) is 0 Å². The minimum Gasteiger partial charge on any atom is -0.297 e. The monoisotopic (exact) mass is 152 g/mol. The number of nitriles is 1. The van der Waals surface area contributed by atoms with Crippen LogP contribution in [0.4, 0.5) is 0 Å². The Labute approximate surface area is 68.8 Å². The molecule has 1 saturated heterocycles. The average Bonchev–Trinajstić information content (AvgIpc) is 2.36. The van der Waals surface area contributed by atoms with Gasteiger partial charge in [0.05, 0.1) is 12.5 Å². The molecule has 0 bridgehead atoms. The Morgan fingerprint density at radius 2 is 2.36 bits per heavy atom. The first-order valence-electron chi connectivity index (χ1n) is 4.38. The third-order valence-corrected chi connectivity index (χ3v) is 2.41. The Bertz CT molecular complexity index is 157. The highest BCUT2D eigenvalue weighted by Gasteiger charge is 2.25. The van der Waals surface area contributed by atoms with E-state index in [9.17, 15) is 0 Å². The molecule has 11 heavy (non-hydrogen) atoms. The SMILES string of the molecule is CC(C)N1CCC[C@@H]1CC#N. The summed E-state index contributed by atoms with van der Waals surface area (Å²) in [5.74, 6) is 0. The summed E-state index contributed by atoms with van der Waals surface area (Å²) in [4.78, 5) is 2.43. The highest BCUT2D eigenvalue weighted by molar-refractivity contribution is 4.88. The van der Waals surface area contributed by atoms with E-state index in [0.717, 1.165) is 0 Å². The summed E-state index contributed by atoms with van der Waals surface area (Å²) < 4.78 is 0. The normalized spacial score (nSPS) is 25.8. The molecule has 2 heteroatoms. The molecule has 0 unspecified atom stereocenters. The Kier molecular flexibility index (Phi) is 2.90. The van der Waals surface area contributed by atoms with Crippen LogP contribution in [0.5, 0.6) is 0 Å². The maximum atomic E-state index is 8.55. The molecule has 1 fully saturated rings. The van der Waals surface area contributed by atoms with E-state index in [2.05, 4.69) is 24.8 Å². The predicted octanol–water partition coefficient (Wildman–Crippen LogP) is 1.77. The Hall–Kier alpha value is -0.550. The molecule has 62 valence electrons. The minimum absolute atomic E-state index is 0.542. The van der Waals surface area contributed by atoms with Crippen molar-refractivity contribution in [1.82, 2.24) is 4.90 Å². The number of hydrogen-bond donors (Lipinski definition) is 0. The topological polar surface area (TPSA) is 27.0 Å². The van der Waals surface area contributed by atoms with Crippen molar-refractivity contribution < 1.29 is 0 Å². The first-order valence-corrected chi connectivity index (χ1v) is 4.38. The molecule has 0 aromatic rings. The summed E-state index contributed by atoms with van der Waals surface area (Å²) in [6.45, 7) is 5.59. The van der Waals surface area contributed by atoms with E-state index in [1.165, 1.54) is 19.4 Å². The Balaban J connectivity index is 2.45. The highest BCUT2D eigenvalue weighted by atomic mass is 15.2. The molecule has 0 radical (unpaired) electrons. The number of rotatable bonds is 2. The number of nitrogens with zero attached hydrogens (tertiary/aromatic N) is 2. The fourth-order valence-corrected chi connectivity index (χ4v) is 1.86. The summed E-state index contributed by atoms with van der Waals surface area (Å²) >= 11 is 0. The zero-order valence-electron chi connectivity index (χ0n) is 7.38. The van der Waals surface area contributed by atoms with E-state index >= 15 is 0 Å². The first-order chi connectivity index (χ1) is 5.25. The lowest BCUT2D eigenvalue weighted by Gasteiger charge is -2.26. The lowest BCUT2D eigenvalue weighted by atomic mass is 10.1. The van der Waals surface area contributed by atoms with E-state index in [4.69, 9.17) is 5.26 Å². The third kappa shape index (κ3) is 1.94. The van der Waals surface area contributed by atoms with Gasteiger partial charge < -0.3 is 0 Å². The van der Waals surface area contributed by atoms with Crippen LogP contribution in [0.2, 0.25) is 0 Å². The van der Waals surface area contributed by atoms with Crippen LogP contribution in [0.15, 0.2) is 0 Å². The van der Waals surface area contributed by atoms with E-state index in [0.29, 0.717) is 18.5 Å². The largest absolute Gasteiger partial charge is 0.297 e. The van der Waals surface area contributed by atoms with Gasteiger partial charge in [0.1, 0.15) is 0 Å². The van der Waals surface area contributed by atoms with Crippen molar-refractivity contribution in [1.29, 1.82) is 5.26 Å². The van der Waals surface area contributed by atoms with Crippen molar-refractivity contribution >= 4 is 0 Å². The maximum Gasteiger partial charge on any atom is 0.0638 e. The zero-order valence-corrected chi connectivity index (χ0v) is 7.38. The van der Waals surface area contributed by atoms with Crippen molar-refractivity contribution in [2.75, 3.05) is 6.54 Å². The second kappa shape index (κ2) is 3.73. The quantitative estimate of drug-likeness (QED) is 0.603. The van der Waals surface area contributed by atoms with Gasteiger partial charge in [0.25, 0.3) is 0 Å². The van der Waals surface area contributed by atoms with Gasteiger partial charge in [-0.05, 0) is 33.2 Å². The third-order valence-electron chi connectivity index (χ3n) is 2.41. The molecule has 0 aromatic heterocycles. The summed E-state index contributed by atoms with van der Waals surface area (Å²) in [5, 5.41) is 8.55. The zero-order chi connectivity index (χ0) is 8.27. The first kappa shape index (κ1) is 8.55. The van der Waals surface area contributed by atoms with Gasteiger partial charge in [-0.25, -0.2) is 0 Å². The second-order valence-corrected chi connectivity index (χ2v) is 3.49. The van der Waals surface area contributed by atoms with Crippen LogP contribution in [-0.4, -0.2) is 23.5 Å². The van der Waals surface area contributed by atoms with E-state index in [1.807, 2.05) is 0 Å². The van der Waals surface area contributed by atoms with Crippen molar-refractivity contribution in [2.45, 2.75) is 45.2 Å². The van der Waals surface area contributed by atoms with Crippen LogP contribution in [0, 0.1) is 11.3 Å². The van der Waals surface area contributed by atoms with Gasteiger partial charge in [-0.15, -0.1) is 0 Å². The fraction of sp³-hybridized carbons (Fsp3) is 0.889. The molecule has 1 heterocycles. The molecule has 1 atom stereocenters. The molecule has 2 nitrogen and oxygen atoms in total. The van der Waals surface area contributed by atoms with Gasteiger partial charge in [0.2, 0.25) is 0 Å². The van der Waals surface area contributed by atoms with Gasteiger partial charge in [-0.3, -0.25) is 4.90 Å². The van der Waals surface area contributed by atoms with Crippen LogP contribution >= 0.6 is 0 Å². The Morgan fingerprint density at radius 3 is 2.91 bits per heavy atom. The lowest BCUT2D eigenvalue weighted by molar-refractivity contribution is 0.206.